The number of aliphatic hydroxyl groups excluding tert-OH is 1. The lowest BCUT2D eigenvalue weighted by Crippen LogP contribution is -2.70. The first-order chi connectivity index (χ1) is 12.5. The zero-order chi connectivity index (χ0) is 23.6. The summed E-state index contributed by atoms with van der Waals surface area (Å²) in [6.45, 7) is 12.0. The number of ether oxygens (including phenoxy) is 1. The van der Waals surface area contributed by atoms with Crippen molar-refractivity contribution in [1.29, 1.82) is 0 Å². The molecule has 0 spiro atoms. The van der Waals surface area contributed by atoms with E-state index in [0.717, 1.165) is 0 Å². The smallest absolute Gasteiger partial charge is 0.307 e. The molecule has 1 heterocycles. The number of alkyl halides is 1. The molecule has 1 rings (SSSR count). The number of hydrogen-bond donors (Lipinski definition) is 4. The lowest BCUT2D eigenvalue weighted by Gasteiger charge is -2.40. The molecule has 9 heteroatoms. The molecule has 1 saturated heterocycles. The van der Waals surface area contributed by atoms with E-state index in [4.69, 9.17) is 4.74 Å². The summed E-state index contributed by atoms with van der Waals surface area (Å²) in [4.78, 5) is 38.3. The van der Waals surface area contributed by atoms with E-state index < -0.39 is 63.0 Å². The van der Waals surface area contributed by atoms with Crippen LogP contribution in [-0.4, -0.2) is 67.2 Å². The maximum atomic E-state index is 15.7. The molecule has 29 heavy (non-hydrogen) atoms. The highest BCUT2D eigenvalue weighted by molar-refractivity contribution is 6.00. The predicted molar refractivity (Wildman–Crippen MR) is 100 cm³/mol. The van der Waals surface area contributed by atoms with Gasteiger partial charge in [0.1, 0.15) is 12.2 Å². The van der Waals surface area contributed by atoms with Crippen LogP contribution in [-0.2, 0) is 19.1 Å². The number of carbonyl (C=O) groups is 3. The molecule has 0 aromatic rings. The number of carbonyl (C=O) groups excluding carboxylic acids is 3. The number of rotatable bonds is 4. The third-order valence-electron chi connectivity index (χ3n) is 4.97. The summed E-state index contributed by atoms with van der Waals surface area (Å²) < 4.78 is 20.7. The third-order valence-corrected chi connectivity index (χ3v) is 4.97. The van der Waals surface area contributed by atoms with Crippen molar-refractivity contribution in [3.8, 4) is 0 Å². The molecule has 0 saturated carbocycles. The predicted octanol–water partition coefficient (Wildman–Crippen LogP) is 0.669. The van der Waals surface area contributed by atoms with Crippen LogP contribution >= 0.6 is 0 Å². The number of ketones is 3. The number of Topliss-reactive ketones (excluding diaryl/α,β-unsaturated/α-hetero) is 3. The minimum Gasteiger partial charge on any atom is -0.382 e. The highest BCUT2D eigenvalue weighted by atomic mass is 19.2. The Morgan fingerprint density at radius 1 is 0.828 bits per heavy atom. The Balaban J connectivity index is 3.80. The topological polar surface area (TPSA) is 141 Å². The third kappa shape index (κ3) is 3.79. The maximum absolute atomic E-state index is 15.7. The van der Waals surface area contributed by atoms with E-state index in [1.165, 1.54) is 62.3 Å². The standard InChI is InChI=1S/C20H33FO8/c1-15(2,3)11(23)10(22)12-18(26,13(24)16(4,5)6)20(21,28)19(27,29-12)14(25)17(7,8)9/h10,12,22,26-28H,1-9H3/t10?,12-,18+,19+,20+/m1/s1. The largest absolute Gasteiger partial charge is 0.382 e. The van der Waals surface area contributed by atoms with Crippen molar-refractivity contribution in [2.24, 2.45) is 16.2 Å². The van der Waals surface area contributed by atoms with Gasteiger partial charge in [-0.3, -0.25) is 14.4 Å². The molecule has 1 unspecified atom stereocenters. The molecule has 0 radical (unpaired) electrons. The average molecular weight is 420 g/mol. The second kappa shape index (κ2) is 6.88. The molecule has 1 aliphatic rings. The normalized spacial score (nSPS) is 34.8. The van der Waals surface area contributed by atoms with Crippen LogP contribution in [0.1, 0.15) is 62.3 Å². The SMILES string of the molecule is CC(C)(C)C(=O)C(O)[C@H]1O[C@@](O)(C(=O)C(C)(C)C)[C@](O)(F)[C@@]1(O)C(=O)C(C)(C)C. The zero-order valence-corrected chi connectivity index (χ0v) is 18.5. The van der Waals surface area contributed by atoms with Gasteiger partial charge in [-0.25, -0.2) is 4.39 Å². The Morgan fingerprint density at radius 3 is 1.52 bits per heavy atom. The Hall–Kier alpha value is -1.26. The summed E-state index contributed by atoms with van der Waals surface area (Å²) in [6, 6.07) is 0. The van der Waals surface area contributed by atoms with Crippen molar-refractivity contribution in [3.05, 3.63) is 0 Å². The van der Waals surface area contributed by atoms with Gasteiger partial charge in [0.05, 0.1) is 0 Å². The van der Waals surface area contributed by atoms with Crippen LogP contribution in [0.4, 0.5) is 4.39 Å². The van der Waals surface area contributed by atoms with E-state index >= 15 is 4.39 Å². The molecule has 0 aromatic heterocycles. The van der Waals surface area contributed by atoms with Crippen molar-refractivity contribution in [1.82, 2.24) is 0 Å². The fourth-order valence-corrected chi connectivity index (χ4v) is 3.23. The molecular weight excluding hydrogens is 387 g/mol. The van der Waals surface area contributed by atoms with E-state index in [1.807, 2.05) is 0 Å². The minimum atomic E-state index is -4.35. The van der Waals surface area contributed by atoms with E-state index in [2.05, 4.69) is 0 Å². The van der Waals surface area contributed by atoms with E-state index in [9.17, 15) is 34.8 Å². The molecule has 4 N–H and O–H groups in total. The summed E-state index contributed by atoms with van der Waals surface area (Å²) in [5, 5.41) is 43.0. The molecule has 0 amide bonds. The first-order valence-electron chi connectivity index (χ1n) is 9.33. The number of aliphatic hydroxyl groups is 4. The molecule has 0 aliphatic carbocycles. The van der Waals surface area contributed by atoms with Gasteiger partial charge in [-0.1, -0.05) is 62.3 Å². The first-order valence-corrected chi connectivity index (χ1v) is 9.33. The summed E-state index contributed by atoms with van der Waals surface area (Å²) in [6.07, 6.45) is -4.76. The van der Waals surface area contributed by atoms with Gasteiger partial charge in [-0.15, -0.1) is 0 Å². The van der Waals surface area contributed by atoms with Crippen molar-refractivity contribution in [2.75, 3.05) is 0 Å². The van der Waals surface area contributed by atoms with Gasteiger partial charge >= 0.3 is 5.85 Å². The quantitative estimate of drug-likeness (QED) is 0.520. The van der Waals surface area contributed by atoms with Gasteiger partial charge in [-0.05, 0) is 0 Å². The Labute approximate surface area is 170 Å². The van der Waals surface area contributed by atoms with Crippen molar-refractivity contribution < 1.29 is 43.9 Å². The second-order valence-corrected chi connectivity index (χ2v) is 10.8. The summed E-state index contributed by atoms with van der Waals surface area (Å²) >= 11 is 0. The molecular formula is C20H33FO8. The van der Waals surface area contributed by atoms with E-state index in [1.54, 1.807) is 0 Å². The molecule has 8 nitrogen and oxygen atoms in total. The first kappa shape index (κ1) is 25.8. The van der Waals surface area contributed by atoms with Gasteiger partial charge in [0, 0.05) is 16.2 Å². The summed E-state index contributed by atoms with van der Waals surface area (Å²) in [5.74, 6) is -11.7. The fourth-order valence-electron chi connectivity index (χ4n) is 3.23. The number of halogens is 1. The highest BCUT2D eigenvalue weighted by Crippen LogP contribution is 2.53. The van der Waals surface area contributed by atoms with Crippen molar-refractivity contribution in [3.63, 3.8) is 0 Å². The van der Waals surface area contributed by atoms with Crippen LogP contribution < -0.4 is 0 Å². The van der Waals surface area contributed by atoms with Crippen LogP contribution in [0.25, 0.3) is 0 Å². The van der Waals surface area contributed by atoms with E-state index in [-0.39, 0.29) is 0 Å². The van der Waals surface area contributed by atoms with Crippen molar-refractivity contribution >= 4 is 17.3 Å². The summed E-state index contributed by atoms with van der Waals surface area (Å²) in [7, 11) is 0. The fraction of sp³-hybridized carbons (Fsp3) is 0.850. The number of hydrogen-bond acceptors (Lipinski definition) is 8. The monoisotopic (exact) mass is 420 g/mol. The lowest BCUT2D eigenvalue weighted by molar-refractivity contribution is -0.308. The van der Waals surface area contributed by atoms with Crippen molar-refractivity contribution in [2.45, 2.75) is 91.8 Å². The Kier molecular flexibility index (Phi) is 6.12. The summed E-state index contributed by atoms with van der Waals surface area (Å²) in [5.41, 5.74) is -7.80. The lowest BCUT2D eigenvalue weighted by atomic mass is 9.69. The Morgan fingerprint density at radius 2 is 1.21 bits per heavy atom. The van der Waals surface area contributed by atoms with Gasteiger partial charge in [0.15, 0.2) is 11.6 Å². The molecule has 0 bridgehead atoms. The molecule has 168 valence electrons. The maximum Gasteiger partial charge on any atom is 0.307 e. The van der Waals surface area contributed by atoms with Crippen LogP contribution in [0, 0.1) is 16.2 Å². The van der Waals surface area contributed by atoms with Crippen LogP contribution in [0.3, 0.4) is 0 Å². The van der Waals surface area contributed by atoms with Crippen LogP contribution in [0.2, 0.25) is 0 Å². The average Bonchev–Trinajstić information content (AvgIpc) is 2.68. The van der Waals surface area contributed by atoms with Crippen LogP contribution in [0.5, 0.6) is 0 Å². The second-order valence-electron chi connectivity index (χ2n) is 10.8. The van der Waals surface area contributed by atoms with Crippen LogP contribution in [0.15, 0.2) is 0 Å². The minimum absolute atomic E-state index is 0.953. The highest BCUT2D eigenvalue weighted by Gasteiger charge is 2.83. The van der Waals surface area contributed by atoms with Gasteiger partial charge in [0.25, 0.3) is 5.79 Å². The van der Waals surface area contributed by atoms with Gasteiger partial charge < -0.3 is 25.2 Å². The molecule has 1 fully saturated rings. The Bertz CT molecular complexity index is 709. The van der Waals surface area contributed by atoms with Gasteiger partial charge in [-0.2, -0.15) is 0 Å². The van der Waals surface area contributed by atoms with Gasteiger partial charge in [0.2, 0.25) is 11.4 Å². The zero-order valence-electron chi connectivity index (χ0n) is 18.5. The molecule has 1 aliphatic heterocycles. The molecule has 0 aromatic carbocycles. The van der Waals surface area contributed by atoms with E-state index in [0.29, 0.717) is 0 Å². The molecule has 5 atom stereocenters.